The van der Waals surface area contributed by atoms with E-state index in [0.29, 0.717) is 11.4 Å². The van der Waals surface area contributed by atoms with Crippen LogP contribution in [-0.2, 0) is 20.4 Å². The maximum Gasteiger partial charge on any atom is 2.00 e. The maximum absolute atomic E-state index is 5.95. The molecule has 0 saturated heterocycles. The predicted molar refractivity (Wildman–Crippen MR) is 68.2 cm³/mol. The van der Waals surface area contributed by atoms with Crippen molar-refractivity contribution in [2.45, 2.75) is 0 Å². The number of nitrogen functional groups attached to an aromatic ring is 1. The van der Waals surface area contributed by atoms with Crippen LogP contribution in [0.5, 0.6) is 11.5 Å². The van der Waals surface area contributed by atoms with Gasteiger partial charge < -0.3 is 15.2 Å². The molecule has 2 rings (SSSR count). The van der Waals surface area contributed by atoms with E-state index in [1.165, 1.54) is 0 Å². The van der Waals surface area contributed by atoms with Gasteiger partial charge in [-0.15, -0.1) is 6.07 Å². The summed E-state index contributed by atoms with van der Waals surface area (Å²) in [5.74, 6) is 1.38. The molecule has 96 valence electrons. The number of rotatable bonds is 3. The Labute approximate surface area is 121 Å². The van der Waals surface area contributed by atoms with Crippen molar-refractivity contribution in [1.29, 1.82) is 0 Å². The third-order valence-corrected chi connectivity index (χ3v) is 2.55. The van der Waals surface area contributed by atoms with E-state index >= 15 is 0 Å². The molecule has 2 aromatic carbocycles. The topological polar surface area (TPSA) is 44.5 Å². The minimum atomic E-state index is 0. The van der Waals surface area contributed by atoms with E-state index < -0.39 is 0 Å². The number of nitrogens with two attached hydrogens (primary N) is 1. The first-order valence-electron chi connectivity index (χ1n) is 5.25. The smallest absolute Gasteiger partial charge is 0.540 e. The summed E-state index contributed by atoms with van der Waals surface area (Å²) in [7, 11) is 3.23. The van der Waals surface area contributed by atoms with E-state index in [1.54, 1.807) is 14.2 Å². The molecule has 0 heterocycles. The van der Waals surface area contributed by atoms with Gasteiger partial charge in [-0.3, -0.25) is 0 Å². The molecule has 18 heavy (non-hydrogen) atoms. The molecule has 0 aliphatic rings. The van der Waals surface area contributed by atoms with Crippen molar-refractivity contribution in [3.05, 3.63) is 42.5 Å². The molecule has 0 amide bonds. The number of benzene rings is 2. The first-order chi connectivity index (χ1) is 8.26. The van der Waals surface area contributed by atoms with Crippen molar-refractivity contribution in [3.63, 3.8) is 0 Å². The molecule has 0 bridgehead atoms. The van der Waals surface area contributed by atoms with Gasteiger partial charge in [0.25, 0.3) is 0 Å². The monoisotopic (exact) mass is 334 g/mol. The summed E-state index contributed by atoms with van der Waals surface area (Å²) < 4.78 is 10.5. The van der Waals surface area contributed by atoms with Crippen molar-refractivity contribution in [1.82, 2.24) is 0 Å². The van der Waals surface area contributed by atoms with Crippen LogP contribution in [0.2, 0.25) is 0 Å². The Morgan fingerprint density at radius 1 is 1.00 bits per heavy atom. The van der Waals surface area contributed by atoms with Crippen LogP contribution < -0.4 is 15.2 Å². The summed E-state index contributed by atoms with van der Waals surface area (Å²) >= 11 is 0. The minimum absolute atomic E-state index is 0. The predicted octanol–water partition coefficient (Wildman–Crippen LogP) is 2.75. The fourth-order valence-corrected chi connectivity index (χ4v) is 1.68. The van der Waals surface area contributed by atoms with Gasteiger partial charge >= 0.3 is 20.4 Å². The Morgan fingerprint density at radius 3 is 2.33 bits per heavy atom. The van der Waals surface area contributed by atoms with Crippen molar-refractivity contribution in [2.75, 3.05) is 20.0 Å². The average Bonchev–Trinajstić information content (AvgIpc) is 2.38. The van der Waals surface area contributed by atoms with Crippen LogP contribution in [-0.4, -0.2) is 14.2 Å². The number of hydrogen-bond acceptors (Lipinski definition) is 3. The van der Waals surface area contributed by atoms with Gasteiger partial charge in [-0.05, 0) is 11.8 Å². The molecule has 0 spiro atoms. The molecular weight excluding hydrogens is 321 g/mol. The van der Waals surface area contributed by atoms with Gasteiger partial charge in [0.1, 0.15) is 0 Å². The normalized spacial score (nSPS) is 9.44. The van der Waals surface area contributed by atoms with Crippen LogP contribution in [0.25, 0.3) is 11.1 Å². The van der Waals surface area contributed by atoms with Gasteiger partial charge in [-0.2, -0.15) is 0 Å². The standard InChI is InChI=1S/C14H14NO2.Pd/c1-16-10-7-8-14(17-2)12(9-10)11-5-3-4-6-13(11)15;/h3-8H,15H2,1-2H3;/q-1;+2. The first-order valence-corrected chi connectivity index (χ1v) is 5.25. The molecule has 3 nitrogen and oxygen atoms in total. The molecule has 0 saturated carbocycles. The van der Waals surface area contributed by atoms with Crippen molar-refractivity contribution >= 4 is 5.69 Å². The van der Waals surface area contributed by atoms with Crippen LogP contribution in [0.1, 0.15) is 0 Å². The zero-order valence-corrected chi connectivity index (χ0v) is 11.7. The first kappa shape index (κ1) is 14.6. The maximum atomic E-state index is 5.95. The number of ether oxygens (including phenoxy) is 2. The Balaban J connectivity index is 0.00000162. The van der Waals surface area contributed by atoms with E-state index in [0.717, 1.165) is 16.9 Å². The van der Waals surface area contributed by atoms with Crippen LogP contribution in [0, 0.1) is 6.07 Å². The second-order valence-electron chi connectivity index (χ2n) is 3.56. The fraction of sp³-hybridized carbons (Fsp3) is 0.143. The Morgan fingerprint density at radius 2 is 1.72 bits per heavy atom. The number of para-hydroxylation sites is 1. The number of methoxy groups -OCH3 is 2. The molecule has 0 aliphatic carbocycles. The second kappa shape index (κ2) is 6.44. The summed E-state index contributed by atoms with van der Waals surface area (Å²) in [5, 5.41) is 0. The Hall–Kier alpha value is -1.50. The van der Waals surface area contributed by atoms with Gasteiger partial charge in [-0.25, -0.2) is 0 Å². The van der Waals surface area contributed by atoms with Crippen LogP contribution in [0.15, 0.2) is 36.4 Å². The summed E-state index contributed by atoms with van der Waals surface area (Å²) in [5.41, 5.74) is 8.34. The molecular formula is C14H14NO2Pd+. The second-order valence-corrected chi connectivity index (χ2v) is 3.56. The third-order valence-electron chi connectivity index (χ3n) is 2.55. The van der Waals surface area contributed by atoms with Gasteiger partial charge in [0.15, 0.2) is 0 Å². The molecule has 0 fully saturated rings. The summed E-state index contributed by atoms with van der Waals surface area (Å²) in [6.07, 6.45) is 0. The molecule has 0 radical (unpaired) electrons. The molecule has 0 aliphatic heterocycles. The zero-order chi connectivity index (χ0) is 12.3. The van der Waals surface area contributed by atoms with Crippen molar-refractivity contribution in [3.8, 4) is 22.6 Å². The van der Waals surface area contributed by atoms with Crippen LogP contribution in [0.4, 0.5) is 5.69 Å². The van der Waals surface area contributed by atoms with Gasteiger partial charge in [0, 0.05) is 11.5 Å². The van der Waals surface area contributed by atoms with E-state index in [-0.39, 0.29) is 20.4 Å². The van der Waals surface area contributed by atoms with E-state index in [4.69, 9.17) is 15.2 Å². The molecule has 0 aromatic heterocycles. The summed E-state index contributed by atoms with van der Waals surface area (Å²) in [6.45, 7) is 0. The van der Waals surface area contributed by atoms with E-state index in [1.807, 2.05) is 36.4 Å². The summed E-state index contributed by atoms with van der Waals surface area (Å²) in [4.78, 5) is 0. The van der Waals surface area contributed by atoms with E-state index in [2.05, 4.69) is 6.07 Å². The molecule has 0 atom stereocenters. The number of anilines is 1. The van der Waals surface area contributed by atoms with Crippen molar-refractivity contribution in [2.24, 2.45) is 0 Å². The van der Waals surface area contributed by atoms with Crippen molar-refractivity contribution < 1.29 is 29.9 Å². The molecule has 2 N–H and O–H groups in total. The molecule has 0 unspecified atom stereocenters. The van der Waals surface area contributed by atoms with Crippen LogP contribution >= 0.6 is 0 Å². The van der Waals surface area contributed by atoms with Crippen LogP contribution in [0.3, 0.4) is 0 Å². The van der Waals surface area contributed by atoms with Gasteiger partial charge in [0.2, 0.25) is 0 Å². The quantitative estimate of drug-likeness (QED) is 0.533. The van der Waals surface area contributed by atoms with Gasteiger partial charge in [-0.1, -0.05) is 41.5 Å². The largest absolute Gasteiger partial charge is 2.00 e. The fourth-order valence-electron chi connectivity index (χ4n) is 1.68. The van der Waals surface area contributed by atoms with Gasteiger partial charge in [0.05, 0.1) is 14.2 Å². The Kier molecular flexibility index (Phi) is 5.21. The molecule has 4 heteroatoms. The number of hydrogen-bond donors (Lipinski definition) is 1. The minimum Gasteiger partial charge on any atom is -0.540 e. The summed E-state index contributed by atoms with van der Waals surface area (Å²) in [6, 6.07) is 14.4. The Bertz CT molecular complexity index is 529. The van der Waals surface area contributed by atoms with E-state index in [9.17, 15) is 0 Å². The zero-order valence-electron chi connectivity index (χ0n) is 10.2. The average molecular weight is 335 g/mol. The third kappa shape index (κ3) is 2.84. The molecule has 2 aromatic rings. The SMILES string of the molecule is COc1[c-]c(-c2ccccc2N)c(OC)cc1.[Pd+2].